The van der Waals surface area contributed by atoms with E-state index in [1.54, 1.807) is 25.1 Å². The quantitative estimate of drug-likeness (QED) is 0.695. The molecule has 0 fully saturated rings. The summed E-state index contributed by atoms with van der Waals surface area (Å²) in [6, 6.07) is 7.30. The summed E-state index contributed by atoms with van der Waals surface area (Å²) in [4.78, 5) is 7.47. The summed E-state index contributed by atoms with van der Waals surface area (Å²) in [5, 5.41) is 6.73. The molecule has 3 aromatic rings. The lowest BCUT2D eigenvalue weighted by Crippen LogP contribution is -2.19. The predicted molar refractivity (Wildman–Crippen MR) is 88.1 cm³/mol. The molecule has 2 heterocycles. The molecule has 0 amide bonds. The molecule has 0 aliphatic carbocycles. The third kappa shape index (κ3) is 3.61. The Labute approximate surface area is 147 Å². The van der Waals surface area contributed by atoms with Crippen molar-refractivity contribution in [3.63, 3.8) is 0 Å². The number of halogens is 4. The normalized spacial score (nSPS) is 13.4. The molecule has 0 bridgehead atoms. The Morgan fingerprint density at radius 1 is 1.08 bits per heavy atom. The molecule has 9 heteroatoms. The van der Waals surface area contributed by atoms with Gasteiger partial charge < -0.3 is 5.32 Å². The third-order valence-electron chi connectivity index (χ3n) is 3.89. The van der Waals surface area contributed by atoms with Crippen molar-refractivity contribution in [3.8, 4) is 0 Å². The summed E-state index contributed by atoms with van der Waals surface area (Å²) in [5.74, 6) is -1.33. The lowest BCUT2D eigenvalue weighted by atomic mass is 9.96. The van der Waals surface area contributed by atoms with Gasteiger partial charge in [0.15, 0.2) is 0 Å². The number of fused-ring (bicyclic) bond motifs is 1. The molecule has 2 aromatic heterocycles. The van der Waals surface area contributed by atoms with Crippen LogP contribution < -0.4 is 5.32 Å². The van der Waals surface area contributed by atoms with Gasteiger partial charge in [-0.1, -0.05) is 26.0 Å². The molecule has 138 valence electrons. The predicted octanol–water partition coefficient (Wildman–Crippen LogP) is 4.40. The van der Waals surface area contributed by atoms with E-state index in [2.05, 4.69) is 20.4 Å². The van der Waals surface area contributed by atoms with Gasteiger partial charge in [-0.25, -0.2) is 9.37 Å². The minimum atomic E-state index is -4.66. The van der Waals surface area contributed by atoms with Crippen LogP contribution in [0.3, 0.4) is 0 Å². The van der Waals surface area contributed by atoms with Crippen molar-refractivity contribution in [1.29, 1.82) is 0 Å². The van der Waals surface area contributed by atoms with E-state index in [-0.39, 0.29) is 23.6 Å². The first-order chi connectivity index (χ1) is 12.1. The average molecular weight is 367 g/mol. The van der Waals surface area contributed by atoms with E-state index >= 15 is 0 Å². The molecule has 1 aromatic carbocycles. The van der Waals surface area contributed by atoms with Gasteiger partial charge in [-0.05, 0) is 30.5 Å². The summed E-state index contributed by atoms with van der Waals surface area (Å²) < 4.78 is 53.0. The van der Waals surface area contributed by atoms with Crippen molar-refractivity contribution in [2.45, 2.75) is 33.0 Å². The molecule has 3 rings (SSSR count). The Morgan fingerprint density at radius 2 is 1.73 bits per heavy atom. The van der Waals surface area contributed by atoms with Crippen molar-refractivity contribution < 1.29 is 17.6 Å². The molecule has 5 nitrogen and oxygen atoms in total. The summed E-state index contributed by atoms with van der Waals surface area (Å²) in [6.45, 7) is 5.57. The van der Waals surface area contributed by atoms with Gasteiger partial charge in [0.1, 0.15) is 11.6 Å². The molecule has 1 atom stereocenters. The summed E-state index contributed by atoms with van der Waals surface area (Å²) in [7, 11) is 0. The number of anilines is 1. The Balaban J connectivity index is 2.05. The second-order valence-corrected chi connectivity index (χ2v) is 6.35. The van der Waals surface area contributed by atoms with E-state index in [1.165, 1.54) is 12.1 Å². The minimum absolute atomic E-state index is 0.0783. The molecule has 0 spiro atoms. The van der Waals surface area contributed by atoms with Crippen LogP contribution in [0.4, 0.5) is 23.4 Å². The van der Waals surface area contributed by atoms with Crippen LogP contribution in [0, 0.1) is 18.7 Å². The first-order valence-corrected chi connectivity index (χ1v) is 7.99. The van der Waals surface area contributed by atoms with Gasteiger partial charge >= 0.3 is 6.18 Å². The van der Waals surface area contributed by atoms with E-state index in [0.29, 0.717) is 11.5 Å². The topological polar surface area (TPSA) is 55.1 Å². The Bertz CT molecular complexity index is 915. The highest BCUT2D eigenvalue weighted by molar-refractivity contribution is 5.47. The second kappa shape index (κ2) is 6.54. The first-order valence-electron chi connectivity index (χ1n) is 7.99. The molecular weight excluding hydrogens is 350 g/mol. The molecule has 1 N–H and O–H groups in total. The zero-order valence-electron chi connectivity index (χ0n) is 14.3. The largest absolute Gasteiger partial charge is 0.453 e. The molecule has 0 saturated heterocycles. The molecule has 1 unspecified atom stereocenters. The molecule has 26 heavy (non-hydrogen) atoms. The van der Waals surface area contributed by atoms with Gasteiger partial charge in [-0.3, -0.25) is 0 Å². The van der Waals surface area contributed by atoms with Crippen LogP contribution in [-0.4, -0.2) is 19.6 Å². The maximum Gasteiger partial charge on any atom is 0.453 e. The van der Waals surface area contributed by atoms with Gasteiger partial charge in [0, 0.05) is 11.8 Å². The third-order valence-corrected chi connectivity index (χ3v) is 3.89. The number of nitrogens with one attached hydrogen (secondary N) is 1. The summed E-state index contributed by atoms with van der Waals surface area (Å²) in [6.07, 6.45) is -4.66. The van der Waals surface area contributed by atoms with Crippen LogP contribution >= 0.6 is 0 Å². The molecule has 0 saturated carbocycles. The van der Waals surface area contributed by atoms with Crippen molar-refractivity contribution >= 4 is 11.6 Å². The van der Waals surface area contributed by atoms with Crippen molar-refractivity contribution in [1.82, 2.24) is 19.6 Å². The van der Waals surface area contributed by atoms with Gasteiger partial charge in [0.25, 0.3) is 11.6 Å². The van der Waals surface area contributed by atoms with Crippen molar-refractivity contribution in [2.75, 3.05) is 5.32 Å². The first kappa shape index (κ1) is 18.1. The Kier molecular flexibility index (Phi) is 4.55. The van der Waals surface area contributed by atoms with Crippen LogP contribution in [0.15, 0.2) is 30.3 Å². The number of rotatable bonds is 4. The maximum absolute atomic E-state index is 13.2. The fraction of sp³-hybridized carbons (Fsp3) is 0.353. The summed E-state index contributed by atoms with van der Waals surface area (Å²) >= 11 is 0. The highest BCUT2D eigenvalue weighted by atomic mass is 19.4. The number of hydrogen-bond acceptors (Lipinski definition) is 4. The van der Waals surface area contributed by atoms with Gasteiger partial charge in [-0.2, -0.15) is 22.7 Å². The highest BCUT2D eigenvalue weighted by Gasteiger charge is 2.37. The van der Waals surface area contributed by atoms with E-state index in [1.807, 2.05) is 13.8 Å². The fourth-order valence-electron chi connectivity index (χ4n) is 2.67. The second-order valence-electron chi connectivity index (χ2n) is 6.35. The monoisotopic (exact) mass is 367 g/mol. The lowest BCUT2D eigenvalue weighted by Gasteiger charge is -2.24. The number of hydrogen-bond donors (Lipinski definition) is 1. The van der Waals surface area contributed by atoms with Gasteiger partial charge in [0.05, 0.1) is 6.04 Å². The number of aromatic nitrogens is 4. The van der Waals surface area contributed by atoms with E-state index in [0.717, 1.165) is 10.1 Å². The van der Waals surface area contributed by atoms with Gasteiger partial charge in [0.2, 0.25) is 0 Å². The number of aryl methyl sites for hydroxylation is 1. The Morgan fingerprint density at radius 3 is 2.31 bits per heavy atom. The van der Waals surface area contributed by atoms with Crippen LogP contribution in [0.1, 0.15) is 37.0 Å². The molecule has 0 aliphatic heterocycles. The Hall–Kier alpha value is -2.71. The molecule has 0 radical (unpaired) electrons. The SMILES string of the molecule is Cc1cc(NC(c2ccc(F)cc2)C(C)C)n2nc(C(F)(F)F)nc2n1. The number of alkyl halides is 3. The zero-order chi connectivity index (χ0) is 19.1. The highest BCUT2D eigenvalue weighted by Crippen LogP contribution is 2.29. The van der Waals surface area contributed by atoms with E-state index in [9.17, 15) is 17.6 Å². The number of benzene rings is 1. The summed E-state index contributed by atoms with van der Waals surface area (Å²) in [5.41, 5.74) is 1.31. The van der Waals surface area contributed by atoms with Crippen LogP contribution in [0.5, 0.6) is 0 Å². The van der Waals surface area contributed by atoms with Crippen LogP contribution in [-0.2, 0) is 6.18 Å². The van der Waals surface area contributed by atoms with E-state index in [4.69, 9.17) is 0 Å². The smallest absolute Gasteiger partial charge is 0.363 e. The maximum atomic E-state index is 13.2. The molecule has 0 aliphatic rings. The van der Waals surface area contributed by atoms with Crippen LogP contribution in [0.2, 0.25) is 0 Å². The molecular formula is C17H17F4N5. The average Bonchev–Trinajstić information content (AvgIpc) is 2.97. The van der Waals surface area contributed by atoms with Gasteiger partial charge in [-0.15, -0.1) is 5.10 Å². The zero-order valence-corrected chi connectivity index (χ0v) is 14.3. The van der Waals surface area contributed by atoms with E-state index < -0.39 is 12.0 Å². The number of nitrogens with zero attached hydrogens (tertiary/aromatic N) is 4. The van der Waals surface area contributed by atoms with Crippen LogP contribution in [0.25, 0.3) is 5.78 Å². The lowest BCUT2D eigenvalue weighted by molar-refractivity contribution is -0.144. The standard InChI is InChI=1S/C17H17F4N5/c1-9(2)14(11-4-6-12(18)7-5-11)23-13-8-10(3)22-16-24-15(17(19,20)21)25-26(13)16/h4-9,14,23H,1-3H3. The van der Waals surface area contributed by atoms with Crippen molar-refractivity contribution in [3.05, 3.63) is 53.2 Å². The van der Waals surface area contributed by atoms with Crippen molar-refractivity contribution in [2.24, 2.45) is 5.92 Å². The minimum Gasteiger partial charge on any atom is -0.363 e. The fourth-order valence-corrected chi connectivity index (χ4v) is 2.67.